The summed E-state index contributed by atoms with van der Waals surface area (Å²) in [7, 11) is 0. The van der Waals surface area contributed by atoms with Crippen molar-refractivity contribution in [1.82, 2.24) is 20.6 Å². The monoisotopic (exact) mass is 449 g/mol. The lowest BCUT2D eigenvalue weighted by molar-refractivity contribution is -0.114. The van der Waals surface area contributed by atoms with Gasteiger partial charge in [0.1, 0.15) is 0 Å². The first-order valence-corrected chi connectivity index (χ1v) is 10.8. The van der Waals surface area contributed by atoms with E-state index in [4.69, 9.17) is 0 Å². The molecule has 0 atom stereocenters. The van der Waals surface area contributed by atoms with Gasteiger partial charge in [0.05, 0.1) is 5.39 Å². The van der Waals surface area contributed by atoms with Gasteiger partial charge in [-0.25, -0.2) is 4.68 Å². The third-order valence-electron chi connectivity index (χ3n) is 5.16. The summed E-state index contributed by atoms with van der Waals surface area (Å²) in [6, 6.07) is 11.6. The van der Waals surface area contributed by atoms with E-state index >= 15 is 0 Å². The van der Waals surface area contributed by atoms with Crippen LogP contribution < -0.4 is 21.7 Å². The summed E-state index contributed by atoms with van der Waals surface area (Å²) >= 11 is 0. The molecule has 0 aliphatic carbocycles. The van der Waals surface area contributed by atoms with Crippen molar-refractivity contribution in [3.8, 4) is 0 Å². The van der Waals surface area contributed by atoms with E-state index in [1.54, 1.807) is 43.3 Å². The van der Waals surface area contributed by atoms with Gasteiger partial charge in [-0.1, -0.05) is 44.0 Å². The first-order valence-electron chi connectivity index (χ1n) is 10.8. The molecule has 3 rings (SSSR count). The molecule has 0 radical (unpaired) electrons. The molecular formula is C24H27N5O4. The number of nitrogens with one attached hydrogen (secondary N) is 3. The standard InChI is InChI=1S/C24H27N5O4/c1-4-5-8-13-29-24(33)19-10-7-6-9-18(19)21(28-29)23(32)27-26-22(31)17-12-11-15(2)20(14-17)25-16(3)30/h6-7,9-12,14H,4-5,8,13H2,1-3H3,(H,25,30)(H,26,31)(H,27,32). The van der Waals surface area contributed by atoms with E-state index in [1.807, 2.05) is 0 Å². The summed E-state index contributed by atoms with van der Waals surface area (Å²) in [6.07, 6.45) is 2.70. The van der Waals surface area contributed by atoms with Gasteiger partial charge >= 0.3 is 0 Å². The molecule has 3 N–H and O–H groups in total. The van der Waals surface area contributed by atoms with E-state index in [-0.39, 0.29) is 22.7 Å². The summed E-state index contributed by atoms with van der Waals surface area (Å²) in [6.45, 7) is 5.65. The van der Waals surface area contributed by atoms with Gasteiger partial charge in [0.15, 0.2) is 5.69 Å². The molecule has 0 unspecified atom stereocenters. The van der Waals surface area contributed by atoms with Crippen molar-refractivity contribution in [2.75, 3.05) is 5.32 Å². The lowest BCUT2D eigenvalue weighted by atomic mass is 10.1. The molecule has 1 heterocycles. The zero-order chi connectivity index (χ0) is 24.0. The molecule has 2 aromatic carbocycles. The number of hydrazine groups is 1. The molecule has 3 amide bonds. The van der Waals surface area contributed by atoms with E-state index in [2.05, 4.69) is 28.2 Å². The van der Waals surface area contributed by atoms with Crippen LogP contribution in [0.1, 0.15) is 59.5 Å². The fourth-order valence-corrected chi connectivity index (χ4v) is 3.40. The number of carbonyl (C=O) groups is 3. The van der Waals surface area contributed by atoms with Crippen molar-refractivity contribution >= 4 is 34.2 Å². The first-order chi connectivity index (χ1) is 15.8. The van der Waals surface area contributed by atoms with Gasteiger partial charge in [-0.2, -0.15) is 5.10 Å². The SMILES string of the molecule is CCCCCn1nc(C(=O)NNC(=O)c2ccc(C)c(NC(C)=O)c2)c2ccccc2c1=O. The number of unbranched alkanes of at least 4 members (excludes halogenated alkanes) is 2. The minimum atomic E-state index is -0.641. The normalized spacial score (nSPS) is 10.6. The molecule has 3 aromatic rings. The second-order valence-corrected chi connectivity index (χ2v) is 7.75. The van der Waals surface area contributed by atoms with E-state index in [0.717, 1.165) is 24.8 Å². The second-order valence-electron chi connectivity index (χ2n) is 7.75. The molecule has 1 aromatic heterocycles. The maximum Gasteiger partial charge on any atom is 0.290 e. The largest absolute Gasteiger partial charge is 0.326 e. The highest BCUT2D eigenvalue weighted by molar-refractivity contribution is 6.06. The van der Waals surface area contributed by atoms with Crippen molar-refractivity contribution in [3.05, 3.63) is 69.6 Å². The number of benzene rings is 2. The molecule has 0 saturated heterocycles. The zero-order valence-corrected chi connectivity index (χ0v) is 18.9. The van der Waals surface area contributed by atoms with E-state index in [9.17, 15) is 19.2 Å². The minimum absolute atomic E-state index is 0.0461. The molecule has 0 saturated carbocycles. The van der Waals surface area contributed by atoms with Crippen molar-refractivity contribution in [1.29, 1.82) is 0 Å². The Bertz CT molecular complexity index is 1270. The number of aromatic nitrogens is 2. The van der Waals surface area contributed by atoms with Crippen LogP contribution in [0.2, 0.25) is 0 Å². The van der Waals surface area contributed by atoms with E-state index in [1.165, 1.54) is 17.7 Å². The maximum atomic E-state index is 12.9. The maximum absolute atomic E-state index is 12.9. The molecule has 0 spiro atoms. The molecule has 0 aliphatic rings. The molecular weight excluding hydrogens is 422 g/mol. The molecule has 172 valence electrons. The number of hydrogen-bond donors (Lipinski definition) is 3. The highest BCUT2D eigenvalue weighted by Crippen LogP contribution is 2.17. The lowest BCUT2D eigenvalue weighted by Crippen LogP contribution is -2.42. The molecule has 0 fully saturated rings. The predicted molar refractivity (Wildman–Crippen MR) is 126 cm³/mol. The number of hydrogen-bond acceptors (Lipinski definition) is 5. The molecule has 33 heavy (non-hydrogen) atoms. The summed E-state index contributed by atoms with van der Waals surface area (Å²) < 4.78 is 1.30. The van der Waals surface area contributed by atoms with Gasteiger partial charge < -0.3 is 5.32 Å². The van der Waals surface area contributed by atoms with Gasteiger partial charge in [0.2, 0.25) is 5.91 Å². The van der Waals surface area contributed by atoms with Crippen LogP contribution in [-0.2, 0) is 11.3 Å². The van der Waals surface area contributed by atoms with Gasteiger partial charge in [0, 0.05) is 30.1 Å². The van der Waals surface area contributed by atoms with Crippen LogP contribution in [-0.4, -0.2) is 27.5 Å². The highest BCUT2D eigenvalue weighted by atomic mass is 16.2. The van der Waals surface area contributed by atoms with Gasteiger partial charge in [-0.05, 0) is 37.1 Å². The number of fused-ring (bicyclic) bond motifs is 1. The molecule has 9 heteroatoms. The summed E-state index contributed by atoms with van der Waals surface area (Å²) in [5.41, 5.74) is 6.10. The van der Waals surface area contributed by atoms with Crippen LogP contribution in [0.4, 0.5) is 5.69 Å². The lowest BCUT2D eigenvalue weighted by Gasteiger charge is -2.13. The summed E-state index contributed by atoms with van der Waals surface area (Å²) in [5, 5.41) is 7.73. The van der Waals surface area contributed by atoms with Crippen LogP contribution in [0.25, 0.3) is 10.8 Å². The number of anilines is 1. The van der Waals surface area contributed by atoms with Crippen LogP contribution in [0.5, 0.6) is 0 Å². The Labute approximate surface area is 191 Å². The number of aryl methyl sites for hydroxylation is 2. The molecule has 9 nitrogen and oxygen atoms in total. The second kappa shape index (κ2) is 10.5. The Kier molecular flexibility index (Phi) is 7.55. The van der Waals surface area contributed by atoms with Crippen LogP contribution in [0, 0.1) is 6.92 Å². The third kappa shape index (κ3) is 5.62. The fraction of sp³-hybridized carbons (Fsp3) is 0.292. The van der Waals surface area contributed by atoms with E-state index in [0.29, 0.717) is 23.0 Å². The van der Waals surface area contributed by atoms with E-state index < -0.39 is 11.8 Å². The van der Waals surface area contributed by atoms with Gasteiger partial charge in [-0.15, -0.1) is 0 Å². The number of amides is 3. The third-order valence-corrected chi connectivity index (χ3v) is 5.16. The van der Waals surface area contributed by atoms with Crippen molar-refractivity contribution in [2.45, 2.75) is 46.6 Å². The number of carbonyl (C=O) groups excluding carboxylic acids is 3. The van der Waals surface area contributed by atoms with Crippen molar-refractivity contribution in [3.63, 3.8) is 0 Å². The highest BCUT2D eigenvalue weighted by Gasteiger charge is 2.18. The summed E-state index contributed by atoms with van der Waals surface area (Å²) in [4.78, 5) is 49.6. The average Bonchev–Trinajstić information content (AvgIpc) is 2.80. The topological polar surface area (TPSA) is 122 Å². The minimum Gasteiger partial charge on any atom is -0.326 e. The Morgan fingerprint density at radius 2 is 1.67 bits per heavy atom. The molecule has 0 aliphatic heterocycles. The van der Waals surface area contributed by atoms with Gasteiger partial charge in [0.25, 0.3) is 17.4 Å². The van der Waals surface area contributed by atoms with Crippen molar-refractivity contribution in [2.24, 2.45) is 0 Å². The number of nitrogens with zero attached hydrogens (tertiary/aromatic N) is 2. The Morgan fingerprint density at radius 3 is 2.36 bits per heavy atom. The number of rotatable bonds is 7. The first kappa shape index (κ1) is 23.6. The Hall–Kier alpha value is -4.01. The zero-order valence-electron chi connectivity index (χ0n) is 18.9. The van der Waals surface area contributed by atoms with Crippen molar-refractivity contribution < 1.29 is 14.4 Å². The fourth-order valence-electron chi connectivity index (χ4n) is 3.40. The smallest absolute Gasteiger partial charge is 0.290 e. The molecule has 0 bridgehead atoms. The van der Waals surface area contributed by atoms with Crippen LogP contribution in [0.3, 0.4) is 0 Å². The van der Waals surface area contributed by atoms with Gasteiger partial charge in [-0.3, -0.25) is 30.0 Å². The Balaban J connectivity index is 1.82. The average molecular weight is 450 g/mol. The Morgan fingerprint density at radius 1 is 0.970 bits per heavy atom. The van der Waals surface area contributed by atoms with Crippen LogP contribution >= 0.6 is 0 Å². The van der Waals surface area contributed by atoms with Crippen LogP contribution in [0.15, 0.2) is 47.3 Å². The summed E-state index contributed by atoms with van der Waals surface area (Å²) in [5.74, 6) is -1.45. The quantitative estimate of drug-likeness (QED) is 0.378. The predicted octanol–water partition coefficient (Wildman–Crippen LogP) is 2.93.